The van der Waals surface area contributed by atoms with Crippen molar-refractivity contribution in [1.82, 2.24) is 15.4 Å². The molecular weight excluding hydrogens is 374 g/mol. The first kappa shape index (κ1) is 22.6. The number of carbonyl (C=O) groups is 2. The third-order valence-corrected chi connectivity index (χ3v) is 4.58. The van der Waals surface area contributed by atoms with Crippen molar-refractivity contribution in [3.63, 3.8) is 0 Å². The number of nitrogens with one attached hydrogen (secondary N) is 2. The van der Waals surface area contributed by atoms with Crippen molar-refractivity contribution in [2.75, 3.05) is 20.0 Å². The van der Waals surface area contributed by atoms with Crippen LogP contribution < -0.4 is 10.8 Å². The number of nitrogens with zero attached hydrogens (tertiary/aromatic N) is 1. The average Bonchev–Trinajstić information content (AvgIpc) is 3.16. The standard InChI is InChI=1S/C21H29N3O5/c1-3-28-15-29-14-18(22-21(26)19-10-7-11-24(19)2)13-17(20(25)23-27)12-16-8-5-4-6-9-16/h4-11,17-18,27H,3,12-15H2,1-2H3,(H,22,26)(H,23,25)/t17-,18-/m0/s1. The monoisotopic (exact) mass is 403 g/mol. The van der Waals surface area contributed by atoms with Crippen LogP contribution in [0.25, 0.3) is 0 Å². The molecule has 0 aliphatic carbocycles. The Labute approximate surface area is 170 Å². The number of hydrogen-bond donors (Lipinski definition) is 3. The van der Waals surface area contributed by atoms with Crippen LogP contribution in [0.5, 0.6) is 0 Å². The molecular formula is C21H29N3O5. The number of ether oxygens (including phenoxy) is 2. The molecule has 0 unspecified atom stereocenters. The van der Waals surface area contributed by atoms with Gasteiger partial charge in [-0.1, -0.05) is 30.3 Å². The van der Waals surface area contributed by atoms with E-state index >= 15 is 0 Å². The highest BCUT2D eigenvalue weighted by atomic mass is 16.7. The normalized spacial score (nSPS) is 12.9. The fourth-order valence-electron chi connectivity index (χ4n) is 3.07. The number of benzene rings is 1. The molecule has 0 fully saturated rings. The van der Waals surface area contributed by atoms with Crippen molar-refractivity contribution in [1.29, 1.82) is 0 Å². The second-order valence-electron chi connectivity index (χ2n) is 6.75. The van der Waals surface area contributed by atoms with Gasteiger partial charge in [-0.25, -0.2) is 5.48 Å². The SMILES string of the molecule is CCOCOC[C@H](C[C@H](Cc1ccccc1)C(=O)NO)NC(=O)c1cccn1C. The molecule has 8 nitrogen and oxygen atoms in total. The Kier molecular flexibility index (Phi) is 9.36. The molecule has 0 saturated heterocycles. The van der Waals surface area contributed by atoms with Crippen LogP contribution in [0.3, 0.4) is 0 Å². The highest BCUT2D eigenvalue weighted by Gasteiger charge is 2.25. The minimum absolute atomic E-state index is 0.0998. The summed E-state index contributed by atoms with van der Waals surface area (Å²) < 4.78 is 12.4. The lowest BCUT2D eigenvalue weighted by Crippen LogP contribution is -2.43. The Hall–Kier alpha value is -2.68. The van der Waals surface area contributed by atoms with Crippen LogP contribution in [0, 0.1) is 5.92 Å². The summed E-state index contributed by atoms with van der Waals surface area (Å²) in [6.45, 7) is 2.66. The molecule has 2 atom stereocenters. The molecule has 0 aliphatic heterocycles. The summed E-state index contributed by atoms with van der Waals surface area (Å²) in [5.41, 5.74) is 3.20. The van der Waals surface area contributed by atoms with Gasteiger partial charge in [0.1, 0.15) is 12.5 Å². The van der Waals surface area contributed by atoms with Gasteiger partial charge in [0.15, 0.2) is 0 Å². The molecule has 1 aromatic carbocycles. The van der Waals surface area contributed by atoms with Gasteiger partial charge in [0, 0.05) is 25.8 Å². The van der Waals surface area contributed by atoms with E-state index in [0.717, 1.165) is 5.56 Å². The van der Waals surface area contributed by atoms with Gasteiger partial charge in [0.2, 0.25) is 5.91 Å². The summed E-state index contributed by atoms with van der Waals surface area (Å²) in [7, 11) is 1.78. The molecule has 3 N–H and O–H groups in total. The average molecular weight is 403 g/mol. The van der Waals surface area contributed by atoms with E-state index in [1.165, 1.54) is 0 Å². The van der Waals surface area contributed by atoms with Crippen LogP contribution in [-0.4, -0.2) is 47.6 Å². The van der Waals surface area contributed by atoms with E-state index in [4.69, 9.17) is 14.7 Å². The summed E-state index contributed by atoms with van der Waals surface area (Å²) in [6, 6.07) is 12.6. The lowest BCUT2D eigenvalue weighted by Gasteiger charge is -2.24. The first-order valence-corrected chi connectivity index (χ1v) is 9.60. The summed E-state index contributed by atoms with van der Waals surface area (Å²) in [6.07, 6.45) is 2.51. The topological polar surface area (TPSA) is 102 Å². The third-order valence-electron chi connectivity index (χ3n) is 4.58. The number of aromatic nitrogens is 1. The van der Waals surface area contributed by atoms with Crippen molar-refractivity contribution >= 4 is 11.8 Å². The van der Waals surface area contributed by atoms with Crippen molar-refractivity contribution in [3.8, 4) is 0 Å². The summed E-state index contributed by atoms with van der Waals surface area (Å²) in [4.78, 5) is 24.9. The number of hydrogen-bond acceptors (Lipinski definition) is 5. The highest BCUT2D eigenvalue weighted by molar-refractivity contribution is 5.93. The Bertz CT molecular complexity index is 763. The largest absolute Gasteiger partial charge is 0.356 e. The van der Waals surface area contributed by atoms with E-state index in [1.54, 1.807) is 35.4 Å². The molecule has 2 amide bonds. The molecule has 0 bridgehead atoms. The van der Waals surface area contributed by atoms with E-state index in [9.17, 15) is 9.59 Å². The van der Waals surface area contributed by atoms with Crippen LogP contribution >= 0.6 is 0 Å². The maximum atomic E-state index is 12.6. The van der Waals surface area contributed by atoms with Gasteiger partial charge in [-0.15, -0.1) is 0 Å². The predicted octanol–water partition coefficient (Wildman–Crippen LogP) is 1.89. The van der Waals surface area contributed by atoms with Crippen LogP contribution in [0.1, 0.15) is 29.4 Å². The van der Waals surface area contributed by atoms with Gasteiger partial charge < -0.3 is 19.4 Å². The number of aryl methyl sites for hydroxylation is 1. The van der Waals surface area contributed by atoms with Gasteiger partial charge in [0.25, 0.3) is 5.91 Å². The minimum Gasteiger partial charge on any atom is -0.356 e. The molecule has 1 aromatic heterocycles. The number of amides is 2. The Balaban J connectivity index is 2.09. The molecule has 0 spiro atoms. The first-order valence-electron chi connectivity index (χ1n) is 9.60. The zero-order chi connectivity index (χ0) is 21.1. The molecule has 1 heterocycles. The van der Waals surface area contributed by atoms with Crippen LogP contribution in [0.15, 0.2) is 48.7 Å². The lowest BCUT2D eigenvalue weighted by atomic mass is 9.92. The highest BCUT2D eigenvalue weighted by Crippen LogP contribution is 2.16. The van der Waals surface area contributed by atoms with Crippen LogP contribution in [0.4, 0.5) is 0 Å². The third kappa shape index (κ3) is 7.34. The molecule has 2 aromatic rings. The summed E-state index contributed by atoms with van der Waals surface area (Å²) in [5, 5.41) is 12.1. The Morgan fingerprint density at radius 3 is 2.52 bits per heavy atom. The summed E-state index contributed by atoms with van der Waals surface area (Å²) in [5.74, 6) is -1.31. The minimum atomic E-state index is -0.545. The zero-order valence-corrected chi connectivity index (χ0v) is 16.8. The van der Waals surface area contributed by atoms with Crippen LogP contribution in [-0.2, 0) is 27.7 Å². The lowest BCUT2D eigenvalue weighted by molar-refractivity contribution is -0.134. The van der Waals surface area contributed by atoms with Gasteiger partial charge >= 0.3 is 0 Å². The van der Waals surface area contributed by atoms with Crippen LogP contribution in [0.2, 0.25) is 0 Å². The first-order chi connectivity index (χ1) is 14.0. The maximum Gasteiger partial charge on any atom is 0.268 e. The molecule has 0 saturated carbocycles. The Morgan fingerprint density at radius 2 is 1.90 bits per heavy atom. The fraction of sp³-hybridized carbons (Fsp3) is 0.429. The zero-order valence-electron chi connectivity index (χ0n) is 16.8. The van der Waals surface area contributed by atoms with Gasteiger partial charge in [-0.2, -0.15) is 0 Å². The van der Waals surface area contributed by atoms with Gasteiger partial charge in [-0.05, 0) is 37.5 Å². The number of hydroxylamine groups is 1. The van der Waals surface area contributed by atoms with E-state index in [1.807, 2.05) is 37.3 Å². The van der Waals surface area contributed by atoms with E-state index in [0.29, 0.717) is 25.1 Å². The second-order valence-corrected chi connectivity index (χ2v) is 6.75. The van der Waals surface area contributed by atoms with Gasteiger partial charge in [-0.3, -0.25) is 14.8 Å². The predicted molar refractivity (Wildman–Crippen MR) is 107 cm³/mol. The van der Waals surface area contributed by atoms with Gasteiger partial charge in [0.05, 0.1) is 12.6 Å². The maximum absolute atomic E-state index is 12.6. The molecule has 8 heteroatoms. The Morgan fingerprint density at radius 1 is 1.14 bits per heavy atom. The van der Waals surface area contributed by atoms with Crippen molar-refractivity contribution in [2.45, 2.75) is 25.8 Å². The second kappa shape index (κ2) is 12.0. The quantitative estimate of drug-likeness (QED) is 0.217. The molecule has 29 heavy (non-hydrogen) atoms. The van der Waals surface area contributed by atoms with Crippen molar-refractivity contribution in [2.24, 2.45) is 13.0 Å². The summed E-state index contributed by atoms with van der Waals surface area (Å²) >= 11 is 0. The van der Waals surface area contributed by atoms with Crippen molar-refractivity contribution < 1.29 is 24.3 Å². The molecule has 2 rings (SSSR count). The molecule has 0 radical (unpaired) electrons. The molecule has 158 valence electrons. The molecule has 0 aliphatic rings. The van der Waals surface area contributed by atoms with E-state index in [2.05, 4.69) is 5.32 Å². The smallest absolute Gasteiger partial charge is 0.268 e. The van der Waals surface area contributed by atoms with E-state index < -0.39 is 17.9 Å². The number of carbonyl (C=O) groups excluding carboxylic acids is 2. The fourth-order valence-corrected chi connectivity index (χ4v) is 3.07. The number of rotatable bonds is 12. The van der Waals surface area contributed by atoms with E-state index in [-0.39, 0.29) is 19.3 Å². The van der Waals surface area contributed by atoms with Crippen molar-refractivity contribution in [3.05, 3.63) is 59.9 Å².